The van der Waals surface area contributed by atoms with E-state index >= 15 is 0 Å². The van der Waals surface area contributed by atoms with Crippen molar-refractivity contribution >= 4 is 28.6 Å². The second kappa shape index (κ2) is 7.05. The van der Waals surface area contributed by atoms with Gasteiger partial charge >= 0.3 is 0 Å². The molecule has 0 N–H and O–H groups in total. The number of carbonyl (C=O) groups excluding carboxylic acids is 1. The Morgan fingerprint density at radius 1 is 1.32 bits per heavy atom. The number of likely N-dealkylation sites (tertiary alicyclic amines) is 1. The number of carbonyl (C=O) groups is 1. The highest BCUT2D eigenvalue weighted by molar-refractivity contribution is 7.11. The average molecular weight is 374 g/mol. The third-order valence-corrected chi connectivity index (χ3v) is 6.13. The van der Waals surface area contributed by atoms with Crippen LogP contribution in [0.5, 0.6) is 0 Å². The molecular weight excluding hydrogens is 354 g/mol. The van der Waals surface area contributed by atoms with E-state index in [4.69, 9.17) is 0 Å². The normalized spacial score (nSPS) is 17.8. The Bertz CT molecular complexity index is 854. The number of hydrogen-bond donors (Lipinski definition) is 0. The summed E-state index contributed by atoms with van der Waals surface area (Å²) in [6, 6.07) is 0. The van der Waals surface area contributed by atoms with E-state index < -0.39 is 0 Å². The molecule has 0 aliphatic carbocycles. The summed E-state index contributed by atoms with van der Waals surface area (Å²) >= 11 is 3.03. The third kappa shape index (κ3) is 3.36. The predicted octanol–water partition coefficient (Wildman–Crippen LogP) is 3.17. The molecule has 4 rings (SSSR count). The molecule has 3 aromatic heterocycles. The highest BCUT2D eigenvalue weighted by atomic mass is 32.1. The molecule has 25 heavy (non-hydrogen) atoms. The molecule has 1 saturated heterocycles. The standard InChI is InChI=1S/C17H19N5OS2/c1-12-15(25-11-19-12)17(23)22-5-2-3-13(7-22)16-18-4-6-21(16)8-14-9-24-10-20-14/h4,6,9-11,13H,2-3,5,7-8H2,1H3/t13-/m1/s1. The summed E-state index contributed by atoms with van der Waals surface area (Å²) in [6.45, 7) is 4.15. The zero-order valence-electron chi connectivity index (χ0n) is 14.0. The lowest BCUT2D eigenvalue weighted by Gasteiger charge is -2.32. The summed E-state index contributed by atoms with van der Waals surface area (Å²) < 4.78 is 2.16. The minimum Gasteiger partial charge on any atom is -0.337 e. The fourth-order valence-electron chi connectivity index (χ4n) is 3.33. The Balaban J connectivity index is 1.51. The number of piperidine rings is 1. The summed E-state index contributed by atoms with van der Waals surface area (Å²) in [5.41, 5.74) is 5.46. The maximum absolute atomic E-state index is 12.8. The minimum absolute atomic E-state index is 0.0994. The quantitative estimate of drug-likeness (QED) is 0.705. The Labute approximate surface area is 154 Å². The van der Waals surface area contributed by atoms with Crippen molar-refractivity contribution in [1.82, 2.24) is 24.4 Å². The van der Waals surface area contributed by atoms with Gasteiger partial charge in [0.05, 0.1) is 29.0 Å². The maximum Gasteiger partial charge on any atom is 0.265 e. The zero-order valence-corrected chi connectivity index (χ0v) is 15.6. The SMILES string of the molecule is Cc1ncsc1C(=O)N1CCC[C@@H](c2nccn2Cc2cscn2)C1. The van der Waals surface area contributed by atoms with Crippen LogP contribution in [0.15, 0.2) is 28.8 Å². The van der Waals surface area contributed by atoms with Crippen LogP contribution in [0.4, 0.5) is 0 Å². The van der Waals surface area contributed by atoms with E-state index in [0.717, 1.165) is 48.0 Å². The first-order valence-electron chi connectivity index (χ1n) is 8.30. The Morgan fingerprint density at radius 2 is 2.24 bits per heavy atom. The van der Waals surface area contributed by atoms with Crippen LogP contribution in [0.3, 0.4) is 0 Å². The fourth-order valence-corrected chi connectivity index (χ4v) is 4.65. The molecule has 1 aliphatic heterocycles. The summed E-state index contributed by atoms with van der Waals surface area (Å²) in [7, 11) is 0. The topological polar surface area (TPSA) is 63.9 Å². The largest absolute Gasteiger partial charge is 0.337 e. The summed E-state index contributed by atoms with van der Waals surface area (Å²) in [6.07, 6.45) is 5.90. The van der Waals surface area contributed by atoms with Gasteiger partial charge in [0.15, 0.2) is 0 Å². The molecule has 0 saturated carbocycles. The van der Waals surface area contributed by atoms with Gasteiger partial charge in [0.2, 0.25) is 0 Å². The smallest absolute Gasteiger partial charge is 0.265 e. The molecule has 0 aromatic carbocycles. The molecule has 0 spiro atoms. The third-order valence-electron chi connectivity index (χ3n) is 4.58. The van der Waals surface area contributed by atoms with E-state index in [1.807, 2.05) is 29.7 Å². The van der Waals surface area contributed by atoms with Gasteiger partial charge in [0.1, 0.15) is 10.7 Å². The van der Waals surface area contributed by atoms with E-state index in [0.29, 0.717) is 6.54 Å². The molecule has 3 aromatic rings. The number of thiazole rings is 2. The van der Waals surface area contributed by atoms with Crippen molar-refractivity contribution < 1.29 is 4.79 Å². The first-order valence-corrected chi connectivity index (χ1v) is 10.1. The van der Waals surface area contributed by atoms with Crippen LogP contribution in [0.25, 0.3) is 0 Å². The number of aryl methyl sites for hydroxylation is 1. The molecule has 0 unspecified atom stereocenters. The number of rotatable bonds is 4. The van der Waals surface area contributed by atoms with E-state index in [2.05, 4.69) is 24.9 Å². The van der Waals surface area contributed by atoms with Crippen LogP contribution in [-0.2, 0) is 6.54 Å². The van der Waals surface area contributed by atoms with Gasteiger partial charge in [0.25, 0.3) is 5.91 Å². The molecule has 1 amide bonds. The molecule has 0 radical (unpaired) electrons. The van der Waals surface area contributed by atoms with Crippen LogP contribution >= 0.6 is 22.7 Å². The molecule has 6 nitrogen and oxygen atoms in total. The van der Waals surface area contributed by atoms with Gasteiger partial charge in [-0.15, -0.1) is 22.7 Å². The number of imidazole rings is 1. The van der Waals surface area contributed by atoms with Crippen molar-refractivity contribution in [3.8, 4) is 0 Å². The molecule has 8 heteroatoms. The zero-order chi connectivity index (χ0) is 17.2. The first-order chi connectivity index (χ1) is 12.2. The number of nitrogens with zero attached hydrogens (tertiary/aromatic N) is 5. The Kier molecular flexibility index (Phi) is 4.63. The van der Waals surface area contributed by atoms with Crippen LogP contribution < -0.4 is 0 Å². The fraction of sp³-hybridized carbons (Fsp3) is 0.412. The number of aromatic nitrogens is 4. The van der Waals surface area contributed by atoms with Gasteiger partial charge in [-0.3, -0.25) is 4.79 Å². The van der Waals surface area contributed by atoms with Crippen molar-refractivity contribution in [3.63, 3.8) is 0 Å². The molecule has 1 aliphatic rings. The van der Waals surface area contributed by atoms with Gasteiger partial charge in [-0.05, 0) is 19.8 Å². The van der Waals surface area contributed by atoms with Gasteiger partial charge in [0, 0.05) is 36.8 Å². The molecule has 130 valence electrons. The van der Waals surface area contributed by atoms with Gasteiger partial charge in [-0.25, -0.2) is 15.0 Å². The Hall–Kier alpha value is -2.06. The van der Waals surface area contributed by atoms with E-state index in [9.17, 15) is 4.79 Å². The van der Waals surface area contributed by atoms with E-state index in [1.54, 1.807) is 16.8 Å². The van der Waals surface area contributed by atoms with Crippen molar-refractivity contribution in [2.24, 2.45) is 0 Å². The van der Waals surface area contributed by atoms with Crippen molar-refractivity contribution in [1.29, 1.82) is 0 Å². The first kappa shape index (κ1) is 16.4. The number of amides is 1. The lowest BCUT2D eigenvalue weighted by Crippen LogP contribution is -2.39. The molecule has 4 heterocycles. The van der Waals surface area contributed by atoms with Crippen LogP contribution in [0.2, 0.25) is 0 Å². The van der Waals surface area contributed by atoms with Crippen LogP contribution in [-0.4, -0.2) is 43.4 Å². The van der Waals surface area contributed by atoms with Crippen LogP contribution in [0, 0.1) is 6.92 Å². The second-order valence-corrected chi connectivity index (χ2v) is 7.82. The van der Waals surface area contributed by atoms with Crippen LogP contribution in [0.1, 0.15) is 45.6 Å². The lowest BCUT2D eigenvalue weighted by molar-refractivity contribution is 0.0707. The summed E-state index contributed by atoms with van der Waals surface area (Å²) in [4.78, 5) is 28.7. The number of hydrogen-bond acceptors (Lipinski definition) is 6. The lowest BCUT2D eigenvalue weighted by atomic mass is 9.97. The predicted molar refractivity (Wildman–Crippen MR) is 98.2 cm³/mol. The highest BCUT2D eigenvalue weighted by Crippen LogP contribution is 2.28. The monoisotopic (exact) mass is 373 g/mol. The Morgan fingerprint density at radius 3 is 3.00 bits per heavy atom. The van der Waals surface area contributed by atoms with E-state index in [1.165, 1.54) is 11.3 Å². The molecule has 1 atom stereocenters. The van der Waals surface area contributed by atoms with E-state index in [-0.39, 0.29) is 11.8 Å². The second-order valence-electron chi connectivity index (χ2n) is 6.25. The summed E-state index contributed by atoms with van der Waals surface area (Å²) in [5.74, 6) is 1.41. The van der Waals surface area contributed by atoms with Crippen molar-refractivity contribution in [2.45, 2.75) is 32.2 Å². The minimum atomic E-state index is 0.0994. The van der Waals surface area contributed by atoms with Crippen molar-refractivity contribution in [2.75, 3.05) is 13.1 Å². The maximum atomic E-state index is 12.8. The molecule has 1 fully saturated rings. The van der Waals surface area contributed by atoms with Gasteiger partial charge < -0.3 is 9.47 Å². The van der Waals surface area contributed by atoms with Gasteiger partial charge in [-0.2, -0.15) is 0 Å². The average Bonchev–Trinajstić information content (AvgIpc) is 3.37. The molecule has 0 bridgehead atoms. The molecular formula is C17H19N5OS2. The van der Waals surface area contributed by atoms with Crippen molar-refractivity contribution in [3.05, 3.63) is 50.9 Å². The van der Waals surface area contributed by atoms with Gasteiger partial charge in [-0.1, -0.05) is 0 Å². The highest BCUT2D eigenvalue weighted by Gasteiger charge is 2.29. The summed E-state index contributed by atoms with van der Waals surface area (Å²) in [5, 5.41) is 2.06.